The Morgan fingerprint density at radius 3 is 2.94 bits per heavy atom. The normalized spacial score (nSPS) is 16.1. The zero-order chi connectivity index (χ0) is 11.0. The van der Waals surface area contributed by atoms with Crippen molar-refractivity contribution in [3.05, 3.63) is 34.0 Å². The van der Waals surface area contributed by atoms with Gasteiger partial charge in [0, 0.05) is 35.1 Å². The van der Waals surface area contributed by atoms with Crippen molar-refractivity contribution >= 4 is 27.3 Å². The molecule has 0 spiro atoms. The Kier molecular flexibility index (Phi) is 2.75. The molecular formula is C11H10BrN3S. The molecule has 0 amide bonds. The first-order valence-corrected chi connectivity index (χ1v) is 6.78. The Morgan fingerprint density at radius 2 is 2.31 bits per heavy atom. The summed E-state index contributed by atoms with van der Waals surface area (Å²) in [7, 11) is 0. The average molecular weight is 296 g/mol. The maximum atomic E-state index is 4.62. The van der Waals surface area contributed by atoms with Crippen LogP contribution in [0.3, 0.4) is 0 Å². The lowest BCUT2D eigenvalue weighted by Crippen LogP contribution is -2.40. The highest BCUT2D eigenvalue weighted by atomic mass is 79.9. The molecule has 0 aromatic carbocycles. The van der Waals surface area contributed by atoms with Crippen LogP contribution >= 0.6 is 27.3 Å². The summed E-state index contributed by atoms with van der Waals surface area (Å²) in [5.41, 5.74) is 1.02. The van der Waals surface area contributed by atoms with Crippen molar-refractivity contribution in [2.45, 2.75) is 5.92 Å². The van der Waals surface area contributed by atoms with Gasteiger partial charge in [0.25, 0.3) is 0 Å². The first-order valence-electron chi connectivity index (χ1n) is 5.11. The molecule has 0 radical (unpaired) electrons. The van der Waals surface area contributed by atoms with Crippen molar-refractivity contribution in [1.29, 1.82) is 0 Å². The van der Waals surface area contributed by atoms with Gasteiger partial charge in [-0.25, -0.2) is 9.97 Å². The number of rotatable bonds is 2. The molecule has 2 aromatic rings. The third-order valence-electron chi connectivity index (χ3n) is 2.64. The molecule has 1 aliphatic heterocycles. The molecule has 0 aliphatic carbocycles. The van der Waals surface area contributed by atoms with Gasteiger partial charge in [0.2, 0.25) is 0 Å². The van der Waals surface area contributed by atoms with Crippen LogP contribution in [0.5, 0.6) is 0 Å². The third-order valence-corrected chi connectivity index (χ3v) is 4.35. The lowest BCUT2D eigenvalue weighted by molar-refractivity contribution is 0.430. The van der Waals surface area contributed by atoms with Crippen LogP contribution in [0, 0.1) is 0 Å². The standard InChI is InChI=1S/C11H10BrN3S/c12-8-3-10(16-6-8)9-1-2-14-11(15-9)7-4-13-5-7/h1-3,6-7,13H,4-5H2. The highest BCUT2D eigenvalue weighted by Gasteiger charge is 2.21. The van der Waals surface area contributed by atoms with Gasteiger partial charge < -0.3 is 5.32 Å². The number of aromatic nitrogens is 2. The Hall–Kier alpha value is -0.780. The van der Waals surface area contributed by atoms with E-state index in [4.69, 9.17) is 0 Å². The Morgan fingerprint density at radius 1 is 1.44 bits per heavy atom. The van der Waals surface area contributed by atoms with Gasteiger partial charge in [-0.1, -0.05) is 0 Å². The predicted molar refractivity (Wildman–Crippen MR) is 68.7 cm³/mol. The molecule has 0 atom stereocenters. The Balaban J connectivity index is 1.95. The molecule has 5 heteroatoms. The van der Waals surface area contributed by atoms with E-state index in [-0.39, 0.29) is 0 Å². The van der Waals surface area contributed by atoms with E-state index in [2.05, 4.69) is 42.7 Å². The van der Waals surface area contributed by atoms with Crippen LogP contribution in [0.15, 0.2) is 28.2 Å². The lowest BCUT2D eigenvalue weighted by atomic mass is 10.0. The summed E-state index contributed by atoms with van der Waals surface area (Å²) in [6.07, 6.45) is 1.85. The van der Waals surface area contributed by atoms with Crippen molar-refractivity contribution in [1.82, 2.24) is 15.3 Å². The predicted octanol–water partition coefficient (Wildman–Crippen LogP) is 2.65. The quantitative estimate of drug-likeness (QED) is 0.926. The maximum Gasteiger partial charge on any atom is 0.134 e. The molecule has 0 unspecified atom stereocenters. The highest BCUT2D eigenvalue weighted by molar-refractivity contribution is 9.10. The van der Waals surface area contributed by atoms with Gasteiger partial charge in [0.1, 0.15) is 5.82 Å². The minimum Gasteiger partial charge on any atom is -0.315 e. The SMILES string of the molecule is Brc1csc(-c2ccnc(C3CNC3)n2)c1. The molecule has 3 rings (SSSR count). The molecule has 3 nitrogen and oxygen atoms in total. The van der Waals surface area contributed by atoms with Crippen LogP contribution < -0.4 is 5.32 Å². The number of hydrogen-bond donors (Lipinski definition) is 1. The molecule has 2 aromatic heterocycles. The smallest absolute Gasteiger partial charge is 0.134 e. The van der Waals surface area contributed by atoms with E-state index in [1.54, 1.807) is 11.3 Å². The molecule has 1 aliphatic rings. The molecule has 1 fully saturated rings. The fourth-order valence-corrected chi connectivity index (χ4v) is 3.02. The van der Waals surface area contributed by atoms with Gasteiger partial charge in [0.05, 0.1) is 10.6 Å². The summed E-state index contributed by atoms with van der Waals surface area (Å²) in [5.74, 6) is 1.45. The van der Waals surface area contributed by atoms with Gasteiger partial charge in [-0.3, -0.25) is 0 Å². The van der Waals surface area contributed by atoms with Crippen molar-refractivity contribution < 1.29 is 0 Å². The van der Waals surface area contributed by atoms with Crippen LogP contribution in [-0.4, -0.2) is 23.1 Å². The third kappa shape index (κ3) is 1.90. The van der Waals surface area contributed by atoms with E-state index in [9.17, 15) is 0 Å². The molecule has 0 bridgehead atoms. The zero-order valence-electron chi connectivity index (χ0n) is 8.48. The molecule has 1 saturated heterocycles. The van der Waals surface area contributed by atoms with Crippen molar-refractivity contribution in [3.63, 3.8) is 0 Å². The summed E-state index contributed by atoms with van der Waals surface area (Å²) in [4.78, 5) is 10.1. The largest absolute Gasteiger partial charge is 0.315 e. The second-order valence-corrected chi connectivity index (χ2v) is 5.61. The molecule has 0 saturated carbocycles. The minimum atomic E-state index is 0.489. The topological polar surface area (TPSA) is 37.8 Å². The van der Waals surface area contributed by atoms with Gasteiger partial charge >= 0.3 is 0 Å². The van der Waals surface area contributed by atoms with Gasteiger partial charge in [0.15, 0.2) is 0 Å². The van der Waals surface area contributed by atoms with E-state index < -0.39 is 0 Å². The maximum absolute atomic E-state index is 4.62. The van der Waals surface area contributed by atoms with Crippen LogP contribution in [0.2, 0.25) is 0 Å². The van der Waals surface area contributed by atoms with Crippen molar-refractivity contribution in [2.75, 3.05) is 13.1 Å². The number of hydrogen-bond acceptors (Lipinski definition) is 4. The fourth-order valence-electron chi connectivity index (χ4n) is 1.63. The summed E-state index contributed by atoms with van der Waals surface area (Å²) >= 11 is 5.15. The second-order valence-electron chi connectivity index (χ2n) is 3.78. The summed E-state index contributed by atoms with van der Waals surface area (Å²) in [5, 5.41) is 5.31. The summed E-state index contributed by atoms with van der Waals surface area (Å²) in [6, 6.07) is 4.06. The number of thiophene rings is 1. The van der Waals surface area contributed by atoms with Crippen LogP contribution in [0.4, 0.5) is 0 Å². The van der Waals surface area contributed by atoms with Crippen molar-refractivity contribution in [2.24, 2.45) is 0 Å². The van der Waals surface area contributed by atoms with Crippen molar-refractivity contribution in [3.8, 4) is 10.6 Å². The monoisotopic (exact) mass is 295 g/mol. The Labute approximate surface area is 106 Å². The van der Waals surface area contributed by atoms with Gasteiger partial charge in [-0.15, -0.1) is 11.3 Å². The van der Waals surface area contributed by atoms with E-state index in [0.717, 1.165) is 29.1 Å². The summed E-state index contributed by atoms with van der Waals surface area (Å²) < 4.78 is 1.11. The zero-order valence-corrected chi connectivity index (χ0v) is 10.9. The minimum absolute atomic E-state index is 0.489. The molecule has 3 heterocycles. The first-order chi connectivity index (χ1) is 7.83. The van der Waals surface area contributed by atoms with Gasteiger partial charge in [-0.05, 0) is 28.1 Å². The number of halogens is 1. The first kappa shape index (κ1) is 10.4. The number of nitrogens with zero attached hydrogens (tertiary/aromatic N) is 2. The molecule has 1 N–H and O–H groups in total. The fraction of sp³-hybridized carbons (Fsp3) is 0.273. The van der Waals surface area contributed by atoms with E-state index >= 15 is 0 Å². The van der Waals surface area contributed by atoms with Crippen LogP contribution in [0.1, 0.15) is 11.7 Å². The average Bonchev–Trinajstić information content (AvgIpc) is 2.63. The van der Waals surface area contributed by atoms with Crippen LogP contribution in [0.25, 0.3) is 10.6 Å². The lowest BCUT2D eigenvalue weighted by Gasteiger charge is -2.25. The Bertz CT molecular complexity index is 507. The van der Waals surface area contributed by atoms with E-state index in [1.165, 1.54) is 4.88 Å². The van der Waals surface area contributed by atoms with E-state index in [1.807, 2.05) is 12.3 Å². The highest BCUT2D eigenvalue weighted by Crippen LogP contribution is 2.29. The molecule has 16 heavy (non-hydrogen) atoms. The van der Waals surface area contributed by atoms with E-state index in [0.29, 0.717) is 5.92 Å². The number of nitrogens with one attached hydrogen (secondary N) is 1. The molecular weight excluding hydrogens is 286 g/mol. The summed E-state index contributed by atoms with van der Waals surface area (Å²) in [6.45, 7) is 2.00. The second kappa shape index (κ2) is 4.24. The molecule has 82 valence electrons. The van der Waals surface area contributed by atoms with Crippen LogP contribution in [-0.2, 0) is 0 Å². The van der Waals surface area contributed by atoms with Gasteiger partial charge in [-0.2, -0.15) is 0 Å².